The molecule has 0 bridgehead atoms. The maximum Gasteiger partial charge on any atom is 0.330 e. The van der Waals surface area contributed by atoms with E-state index < -0.39 is 0 Å². The largest absolute Gasteiger partial charge is 0.334 e. The van der Waals surface area contributed by atoms with Gasteiger partial charge in [-0.15, -0.1) is 0 Å². The molecule has 2 heterocycles. The van der Waals surface area contributed by atoms with Crippen molar-refractivity contribution in [3.05, 3.63) is 68.5 Å². The Morgan fingerprint density at radius 1 is 1.21 bits per heavy atom. The molecule has 1 N–H and O–H groups in total. The van der Waals surface area contributed by atoms with Crippen molar-refractivity contribution in [1.82, 2.24) is 19.4 Å². The molecule has 4 rings (SSSR count). The van der Waals surface area contributed by atoms with Crippen molar-refractivity contribution in [2.45, 2.75) is 31.3 Å². The second-order valence-electron chi connectivity index (χ2n) is 7.88. The molecule has 7 nitrogen and oxygen atoms in total. The summed E-state index contributed by atoms with van der Waals surface area (Å²) in [5.41, 5.74) is 0.980. The van der Waals surface area contributed by atoms with Gasteiger partial charge in [-0.2, -0.15) is 0 Å². The van der Waals surface area contributed by atoms with E-state index in [1.807, 2.05) is 23.1 Å². The molecule has 1 aromatic heterocycles. The molecule has 148 valence electrons. The second-order valence-corrected chi connectivity index (χ2v) is 7.88. The van der Waals surface area contributed by atoms with E-state index in [1.54, 1.807) is 13.2 Å². The van der Waals surface area contributed by atoms with E-state index in [1.165, 1.54) is 17.2 Å². The Bertz CT molecular complexity index is 989. The van der Waals surface area contributed by atoms with Gasteiger partial charge in [0.15, 0.2) is 0 Å². The highest BCUT2D eigenvalue weighted by Crippen LogP contribution is 2.48. The molecule has 0 radical (unpaired) electrons. The minimum absolute atomic E-state index is 0.0283. The molecular formula is C21H26N4O3. The van der Waals surface area contributed by atoms with Crippen molar-refractivity contribution in [3.63, 3.8) is 0 Å². The zero-order chi connectivity index (χ0) is 19.8. The van der Waals surface area contributed by atoms with E-state index in [4.69, 9.17) is 0 Å². The average molecular weight is 382 g/mol. The van der Waals surface area contributed by atoms with Gasteiger partial charge >= 0.3 is 5.69 Å². The normalized spacial score (nSPS) is 23.6. The van der Waals surface area contributed by atoms with Gasteiger partial charge in [0.25, 0.3) is 5.56 Å². The summed E-state index contributed by atoms with van der Waals surface area (Å²) < 4.78 is 2.50. The van der Waals surface area contributed by atoms with E-state index in [0.717, 1.165) is 30.5 Å². The molecule has 2 aromatic rings. The minimum atomic E-state index is -0.361. The Labute approximate surface area is 163 Å². The van der Waals surface area contributed by atoms with Crippen LogP contribution in [0.3, 0.4) is 0 Å². The fraction of sp³-hybridized carbons (Fsp3) is 0.476. The van der Waals surface area contributed by atoms with Crippen LogP contribution >= 0.6 is 0 Å². The van der Waals surface area contributed by atoms with Crippen LogP contribution in [0.25, 0.3) is 0 Å². The lowest BCUT2D eigenvalue weighted by Gasteiger charge is -2.29. The van der Waals surface area contributed by atoms with Crippen LogP contribution in [0.15, 0.2) is 46.1 Å². The van der Waals surface area contributed by atoms with Crippen LogP contribution in [0.5, 0.6) is 0 Å². The summed E-state index contributed by atoms with van der Waals surface area (Å²) in [5.74, 6) is 0.339. The van der Waals surface area contributed by atoms with Crippen molar-refractivity contribution in [2.75, 3.05) is 13.1 Å². The van der Waals surface area contributed by atoms with Gasteiger partial charge in [0, 0.05) is 38.8 Å². The first-order valence-electron chi connectivity index (χ1n) is 9.79. The Morgan fingerprint density at radius 3 is 2.64 bits per heavy atom. The lowest BCUT2D eigenvalue weighted by atomic mass is 10.1. The van der Waals surface area contributed by atoms with Crippen molar-refractivity contribution in [3.8, 4) is 0 Å². The summed E-state index contributed by atoms with van der Waals surface area (Å²) in [6.45, 7) is 1.84. The number of benzene rings is 1. The second kappa shape index (κ2) is 7.39. The number of rotatable bonds is 5. The van der Waals surface area contributed by atoms with Gasteiger partial charge in [-0.05, 0) is 30.9 Å². The Hall–Kier alpha value is -2.67. The van der Waals surface area contributed by atoms with Gasteiger partial charge in [-0.25, -0.2) is 4.79 Å². The molecule has 0 spiro atoms. The summed E-state index contributed by atoms with van der Waals surface area (Å²) in [6.07, 6.45) is 3.29. The number of hydrogen-bond acceptors (Lipinski definition) is 4. The van der Waals surface area contributed by atoms with E-state index >= 15 is 0 Å². The lowest BCUT2D eigenvalue weighted by molar-refractivity contribution is -0.135. The predicted octanol–water partition coefficient (Wildman–Crippen LogP) is 0.578. The summed E-state index contributed by atoms with van der Waals surface area (Å²) in [4.78, 5) is 39.8. The van der Waals surface area contributed by atoms with Gasteiger partial charge in [0.05, 0.1) is 12.1 Å². The third kappa shape index (κ3) is 3.42. The number of nitrogens with one attached hydrogen (secondary N) is 1. The van der Waals surface area contributed by atoms with Crippen LogP contribution in [0.2, 0.25) is 0 Å². The van der Waals surface area contributed by atoms with Crippen LogP contribution in [0.4, 0.5) is 0 Å². The third-order valence-corrected chi connectivity index (χ3v) is 5.95. The number of carbonyl (C=O) groups is 1. The standard InChI is InChI=1S/C21H26N4O3/c1-23-12-15(19(26)24(2)21(23)28)13-25(16-8-9-22-11-16)20(27)18-10-17(18)14-6-4-3-5-7-14/h3-7,12,16-18,22H,8-11,13H2,1-2H3/t16-,17-,18+/m0/s1. The number of aromatic nitrogens is 2. The highest BCUT2D eigenvalue weighted by molar-refractivity contribution is 5.83. The van der Waals surface area contributed by atoms with E-state index in [0.29, 0.717) is 5.56 Å². The quantitative estimate of drug-likeness (QED) is 0.821. The fourth-order valence-electron chi connectivity index (χ4n) is 4.22. The van der Waals surface area contributed by atoms with Gasteiger partial charge in [0.1, 0.15) is 0 Å². The monoisotopic (exact) mass is 382 g/mol. The Balaban J connectivity index is 1.60. The van der Waals surface area contributed by atoms with Crippen LogP contribution in [0, 0.1) is 5.92 Å². The number of amides is 1. The number of carbonyl (C=O) groups excluding carboxylic acids is 1. The van der Waals surface area contributed by atoms with Gasteiger partial charge in [-0.1, -0.05) is 30.3 Å². The van der Waals surface area contributed by atoms with E-state index in [-0.39, 0.29) is 41.6 Å². The predicted molar refractivity (Wildman–Crippen MR) is 106 cm³/mol. The summed E-state index contributed by atoms with van der Waals surface area (Å²) in [7, 11) is 3.10. The zero-order valence-electron chi connectivity index (χ0n) is 16.3. The smallest absolute Gasteiger partial charge is 0.330 e. The SMILES string of the molecule is Cn1cc(CN(C(=O)[C@@H]2C[C@H]2c2ccccc2)[C@H]2CCNC2)c(=O)n(C)c1=O. The van der Waals surface area contributed by atoms with E-state index in [2.05, 4.69) is 17.4 Å². The molecule has 0 unspecified atom stereocenters. The number of nitrogens with zero attached hydrogens (tertiary/aromatic N) is 3. The summed E-state index contributed by atoms with van der Waals surface area (Å²) in [5, 5.41) is 3.31. The molecule has 28 heavy (non-hydrogen) atoms. The maximum atomic E-state index is 13.3. The van der Waals surface area contributed by atoms with E-state index in [9.17, 15) is 14.4 Å². The summed E-state index contributed by atoms with van der Waals surface area (Å²) >= 11 is 0. The molecule has 3 atom stereocenters. The molecule has 2 aliphatic rings. The van der Waals surface area contributed by atoms with Gasteiger partial charge < -0.3 is 14.8 Å². The highest BCUT2D eigenvalue weighted by atomic mass is 16.2. The molecule has 1 aliphatic heterocycles. The average Bonchev–Trinajstić information content (AvgIpc) is 3.34. The molecule has 1 aliphatic carbocycles. The molecular weight excluding hydrogens is 356 g/mol. The first-order chi connectivity index (χ1) is 13.5. The Kier molecular flexibility index (Phi) is 4.93. The first-order valence-corrected chi connectivity index (χ1v) is 9.79. The number of aryl methyl sites for hydroxylation is 1. The molecule has 2 fully saturated rings. The van der Waals surface area contributed by atoms with Crippen LogP contribution < -0.4 is 16.6 Å². The first kappa shape index (κ1) is 18.7. The topological polar surface area (TPSA) is 76.3 Å². The zero-order valence-corrected chi connectivity index (χ0v) is 16.3. The molecule has 1 aromatic carbocycles. The van der Waals surface area contributed by atoms with Crippen molar-refractivity contribution in [1.29, 1.82) is 0 Å². The van der Waals surface area contributed by atoms with Crippen LogP contribution in [-0.4, -0.2) is 39.1 Å². The summed E-state index contributed by atoms with van der Waals surface area (Å²) in [6, 6.07) is 10.2. The fourth-order valence-corrected chi connectivity index (χ4v) is 4.22. The van der Waals surface area contributed by atoms with Crippen molar-refractivity contribution < 1.29 is 4.79 Å². The molecule has 1 amide bonds. The minimum Gasteiger partial charge on any atom is -0.334 e. The molecule has 1 saturated heterocycles. The Morgan fingerprint density at radius 2 is 1.96 bits per heavy atom. The van der Waals surface area contributed by atoms with Gasteiger partial charge in [0.2, 0.25) is 5.91 Å². The molecule has 7 heteroatoms. The van der Waals surface area contributed by atoms with Crippen molar-refractivity contribution in [2.24, 2.45) is 20.0 Å². The van der Waals surface area contributed by atoms with Crippen LogP contribution in [-0.2, 0) is 25.4 Å². The van der Waals surface area contributed by atoms with Crippen molar-refractivity contribution >= 4 is 5.91 Å². The molecule has 1 saturated carbocycles. The van der Waals surface area contributed by atoms with Gasteiger partial charge in [-0.3, -0.25) is 14.2 Å². The lowest BCUT2D eigenvalue weighted by Crippen LogP contribution is -2.45. The third-order valence-electron chi connectivity index (χ3n) is 5.95. The number of hydrogen-bond donors (Lipinski definition) is 1. The van der Waals surface area contributed by atoms with Crippen LogP contribution in [0.1, 0.15) is 29.9 Å². The highest BCUT2D eigenvalue weighted by Gasteiger charge is 2.47. The maximum absolute atomic E-state index is 13.3.